The van der Waals surface area contributed by atoms with E-state index in [0.29, 0.717) is 4.88 Å². The fraction of sp³-hybridized carbons (Fsp3) is 0.167. The van der Waals surface area contributed by atoms with E-state index in [-0.39, 0.29) is 0 Å². The lowest BCUT2D eigenvalue weighted by Gasteiger charge is -2.38. The average Bonchev–Trinajstić information content (AvgIpc) is 3.15. The van der Waals surface area contributed by atoms with Crippen molar-refractivity contribution in [3.8, 4) is 0 Å². The van der Waals surface area contributed by atoms with Crippen LogP contribution in [0.4, 0.5) is 5.69 Å². The number of nitrogens with zero attached hydrogens (tertiary/aromatic N) is 1. The van der Waals surface area contributed by atoms with Gasteiger partial charge in [0.25, 0.3) is 0 Å². The van der Waals surface area contributed by atoms with Crippen LogP contribution in [-0.2, 0) is 0 Å². The second-order valence-corrected chi connectivity index (χ2v) is 12.6. The smallest absolute Gasteiger partial charge is 0.345 e. The van der Waals surface area contributed by atoms with Gasteiger partial charge in [0.05, 0.1) is 5.71 Å². The second-order valence-electron chi connectivity index (χ2n) is 7.67. The highest BCUT2D eigenvalue weighted by atomic mass is 32.1. The van der Waals surface area contributed by atoms with Crippen LogP contribution in [0.2, 0.25) is 6.55 Å². The first-order valence-corrected chi connectivity index (χ1v) is 13.2. The summed E-state index contributed by atoms with van der Waals surface area (Å²) in [5.41, 5.74) is 8.53. The van der Waals surface area contributed by atoms with Gasteiger partial charge in [0, 0.05) is 30.2 Å². The van der Waals surface area contributed by atoms with Gasteiger partial charge in [-0.25, -0.2) is 4.79 Å². The van der Waals surface area contributed by atoms with Crippen molar-refractivity contribution in [3.63, 3.8) is 0 Å². The van der Waals surface area contributed by atoms with E-state index in [1.54, 1.807) is 13.1 Å². The first-order valence-electron chi connectivity index (χ1n) is 9.76. The van der Waals surface area contributed by atoms with Gasteiger partial charge in [-0.2, -0.15) is 0 Å². The molecule has 1 unspecified atom stereocenters. The number of rotatable bonds is 4. The molecule has 0 bridgehead atoms. The van der Waals surface area contributed by atoms with Gasteiger partial charge < -0.3 is 10.4 Å². The molecule has 0 fully saturated rings. The Labute approximate surface area is 181 Å². The summed E-state index contributed by atoms with van der Waals surface area (Å²) in [5, 5.41) is 15.3. The number of hydrogen-bond donors (Lipinski definition) is 2. The third-order valence-corrected chi connectivity index (χ3v) is 11.1. The Hall–Kier alpha value is -2.96. The molecule has 0 saturated carbocycles. The molecule has 30 heavy (non-hydrogen) atoms. The predicted molar refractivity (Wildman–Crippen MR) is 130 cm³/mol. The molecule has 4 rings (SSSR count). The third kappa shape index (κ3) is 2.95. The van der Waals surface area contributed by atoms with Crippen molar-refractivity contribution in [2.45, 2.75) is 13.5 Å². The summed E-state index contributed by atoms with van der Waals surface area (Å²) < 4.78 is 0. The van der Waals surface area contributed by atoms with Crippen LogP contribution in [0.15, 0.2) is 70.5 Å². The molecular formula is C24H24N2O2SSi. The van der Waals surface area contributed by atoms with Gasteiger partial charge in [0.1, 0.15) is 13.0 Å². The number of aryl methyl sites for hydroxylation is 1. The second kappa shape index (κ2) is 7.38. The van der Waals surface area contributed by atoms with Gasteiger partial charge in [-0.1, -0.05) is 24.4 Å². The Morgan fingerprint density at radius 1 is 1.30 bits per heavy atom. The summed E-state index contributed by atoms with van der Waals surface area (Å²) >= 11 is 1.34. The van der Waals surface area contributed by atoms with E-state index < -0.39 is 14.0 Å². The molecule has 4 nitrogen and oxygen atoms in total. The zero-order valence-corrected chi connectivity index (χ0v) is 19.4. The highest BCUT2D eigenvalue weighted by molar-refractivity contribution is 7.15. The topological polar surface area (TPSA) is 61.7 Å². The molecule has 1 aromatic heterocycles. The summed E-state index contributed by atoms with van der Waals surface area (Å²) in [5.74, 6) is -0.887. The van der Waals surface area contributed by atoms with Crippen LogP contribution in [0, 0.1) is 6.92 Å². The molecule has 2 aromatic rings. The molecule has 0 radical (unpaired) electrons. The standard InChI is InChI=1S/C24H24N2O2SSi/c1-6-30(5)20-12-15(25-3)7-9-17(20)22(18-10-8-16(26-4)13-21(18)30)23-14(2)11-19(29-23)24(27)28/h6-13,25H,1H2,2-5H3,(H,27,28). The van der Waals surface area contributed by atoms with Gasteiger partial charge in [-0.05, 0) is 64.4 Å². The quantitative estimate of drug-likeness (QED) is 0.687. The number of hydrogen-bond acceptors (Lipinski definition) is 4. The number of carboxylic acids is 1. The fourth-order valence-electron chi connectivity index (χ4n) is 4.26. The number of fused-ring (bicyclic) bond motifs is 2. The predicted octanol–water partition coefficient (Wildman–Crippen LogP) is 4.73. The molecule has 0 saturated heterocycles. The molecule has 0 spiro atoms. The number of thiophene rings is 1. The number of allylic oxidation sites excluding steroid dienone is 5. The lowest BCUT2D eigenvalue weighted by atomic mass is 9.92. The SMILES string of the molecule is C=C[Si]1(C)C2=CC(=NC)C=CC2=C(c2sc(C(=O)O)cc2C)c2ccc(NC)cc21. The van der Waals surface area contributed by atoms with Crippen molar-refractivity contribution in [2.75, 3.05) is 19.4 Å². The van der Waals surface area contributed by atoms with Crippen LogP contribution in [0.25, 0.3) is 5.57 Å². The molecule has 6 heteroatoms. The molecule has 2 heterocycles. The summed E-state index contributed by atoms with van der Waals surface area (Å²) in [4.78, 5) is 17.4. The molecular weight excluding hydrogens is 408 g/mol. The van der Waals surface area contributed by atoms with E-state index in [1.165, 1.54) is 27.3 Å². The molecule has 1 aromatic carbocycles. The zero-order chi connectivity index (χ0) is 21.6. The molecule has 2 aliphatic rings. The monoisotopic (exact) mass is 432 g/mol. The van der Waals surface area contributed by atoms with E-state index in [0.717, 1.165) is 33.0 Å². The van der Waals surface area contributed by atoms with Gasteiger partial charge in [-0.15, -0.1) is 17.9 Å². The molecule has 2 N–H and O–H groups in total. The number of aliphatic imine (C=N–C) groups is 1. The van der Waals surface area contributed by atoms with Gasteiger partial charge in [-0.3, -0.25) is 4.99 Å². The Kier molecular flexibility index (Phi) is 5.00. The van der Waals surface area contributed by atoms with Crippen molar-refractivity contribution < 1.29 is 9.90 Å². The van der Waals surface area contributed by atoms with Crippen LogP contribution in [-0.4, -0.2) is 39.0 Å². The largest absolute Gasteiger partial charge is 0.477 e. The molecule has 1 aliphatic carbocycles. The number of benzene rings is 1. The number of nitrogens with one attached hydrogen (secondary N) is 1. The fourth-order valence-corrected chi connectivity index (χ4v) is 8.51. The molecule has 0 amide bonds. The number of aromatic carboxylic acids is 1. The van der Waals surface area contributed by atoms with Gasteiger partial charge >= 0.3 is 5.97 Å². The maximum Gasteiger partial charge on any atom is 0.345 e. The first kappa shape index (κ1) is 20.3. The Morgan fingerprint density at radius 2 is 2.07 bits per heavy atom. The lowest BCUT2D eigenvalue weighted by Crippen LogP contribution is -2.50. The van der Waals surface area contributed by atoms with Crippen LogP contribution in [0.3, 0.4) is 0 Å². The van der Waals surface area contributed by atoms with E-state index in [2.05, 4.69) is 59.5 Å². The maximum atomic E-state index is 11.6. The van der Waals surface area contributed by atoms with Gasteiger partial charge in [0.2, 0.25) is 0 Å². The molecule has 152 valence electrons. The zero-order valence-electron chi connectivity index (χ0n) is 17.5. The Balaban J connectivity index is 2.12. The minimum absolute atomic E-state index is 0.361. The Bertz CT molecular complexity index is 1220. The van der Waals surface area contributed by atoms with Crippen LogP contribution < -0.4 is 10.5 Å². The maximum absolute atomic E-state index is 11.6. The minimum atomic E-state index is -2.22. The minimum Gasteiger partial charge on any atom is -0.477 e. The van der Waals surface area contributed by atoms with E-state index >= 15 is 0 Å². The summed E-state index contributed by atoms with van der Waals surface area (Å²) in [6.07, 6.45) is 6.35. The Morgan fingerprint density at radius 3 is 2.67 bits per heavy atom. The average molecular weight is 433 g/mol. The lowest BCUT2D eigenvalue weighted by molar-refractivity contribution is 0.0702. The summed E-state index contributed by atoms with van der Waals surface area (Å²) in [7, 11) is 1.50. The van der Waals surface area contributed by atoms with E-state index in [4.69, 9.17) is 0 Å². The third-order valence-electron chi connectivity index (χ3n) is 5.99. The van der Waals surface area contributed by atoms with Gasteiger partial charge in [0.15, 0.2) is 0 Å². The van der Waals surface area contributed by atoms with Crippen molar-refractivity contribution in [2.24, 2.45) is 4.99 Å². The van der Waals surface area contributed by atoms with Crippen molar-refractivity contribution >= 4 is 47.5 Å². The summed E-state index contributed by atoms with van der Waals surface area (Å²) in [6.45, 7) is 8.54. The highest BCUT2D eigenvalue weighted by Gasteiger charge is 2.41. The van der Waals surface area contributed by atoms with E-state index in [1.807, 2.05) is 20.0 Å². The van der Waals surface area contributed by atoms with Crippen LogP contribution in [0.5, 0.6) is 0 Å². The first-order chi connectivity index (χ1) is 14.3. The number of carbonyl (C=O) groups is 1. The van der Waals surface area contributed by atoms with Crippen LogP contribution >= 0.6 is 11.3 Å². The number of carboxylic acid groups (broad SMARTS) is 1. The summed E-state index contributed by atoms with van der Waals surface area (Å²) in [6, 6.07) is 8.23. The highest BCUT2D eigenvalue weighted by Crippen LogP contribution is 2.44. The molecule has 1 aliphatic heterocycles. The van der Waals surface area contributed by atoms with Crippen molar-refractivity contribution in [1.29, 1.82) is 0 Å². The van der Waals surface area contributed by atoms with Crippen molar-refractivity contribution in [1.82, 2.24) is 0 Å². The normalized spacial score (nSPS) is 21.2. The van der Waals surface area contributed by atoms with Crippen molar-refractivity contribution in [3.05, 3.63) is 86.4 Å². The van der Waals surface area contributed by atoms with E-state index in [9.17, 15) is 9.90 Å². The van der Waals surface area contributed by atoms with Crippen LogP contribution in [0.1, 0.15) is 25.7 Å². The molecule has 1 atom stereocenters. The number of anilines is 1.